The number of benzene rings is 1. The number of carbonyl (C=O) groups is 2. The van der Waals surface area contributed by atoms with E-state index in [0.717, 1.165) is 4.88 Å². The lowest BCUT2D eigenvalue weighted by atomic mass is 10.1. The van der Waals surface area contributed by atoms with Gasteiger partial charge in [-0.15, -0.1) is 11.3 Å². The average molecular weight is 445 g/mol. The molecule has 0 aliphatic carbocycles. The van der Waals surface area contributed by atoms with Crippen LogP contribution in [0.5, 0.6) is 11.5 Å². The Labute approximate surface area is 186 Å². The molecular formula is C23H28N2O5S. The van der Waals surface area contributed by atoms with Crippen molar-refractivity contribution < 1.29 is 23.8 Å². The van der Waals surface area contributed by atoms with Crippen LogP contribution in [-0.2, 0) is 16.0 Å². The Morgan fingerprint density at radius 1 is 1.23 bits per heavy atom. The number of hydrogen-bond acceptors (Lipinski definition) is 6. The van der Waals surface area contributed by atoms with Gasteiger partial charge in [0.2, 0.25) is 12.7 Å². The summed E-state index contributed by atoms with van der Waals surface area (Å²) in [6, 6.07) is 9.21. The van der Waals surface area contributed by atoms with Crippen molar-refractivity contribution in [3.63, 3.8) is 0 Å². The molecule has 2 aliphatic rings. The summed E-state index contributed by atoms with van der Waals surface area (Å²) in [7, 11) is 0. The van der Waals surface area contributed by atoms with Crippen LogP contribution in [0.2, 0.25) is 0 Å². The van der Waals surface area contributed by atoms with Crippen molar-refractivity contribution >= 4 is 23.2 Å². The molecule has 1 aromatic carbocycles. The lowest BCUT2D eigenvalue weighted by Gasteiger charge is -2.36. The number of hydrogen-bond donors (Lipinski definition) is 0. The van der Waals surface area contributed by atoms with E-state index in [1.807, 2.05) is 27.3 Å². The van der Waals surface area contributed by atoms with Crippen LogP contribution >= 0.6 is 11.3 Å². The molecule has 0 saturated carbocycles. The maximum Gasteiger partial charge on any atom is 0.254 e. The summed E-state index contributed by atoms with van der Waals surface area (Å²) in [4.78, 5) is 30.7. The number of morpholine rings is 1. The normalized spacial score (nSPS) is 17.8. The van der Waals surface area contributed by atoms with Crippen LogP contribution < -0.4 is 9.47 Å². The maximum atomic E-state index is 13.3. The van der Waals surface area contributed by atoms with Gasteiger partial charge in [0.05, 0.1) is 19.1 Å². The number of ether oxygens (including phenoxy) is 3. The molecule has 4 rings (SSSR count). The quantitative estimate of drug-likeness (QED) is 0.657. The van der Waals surface area contributed by atoms with E-state index in [4.69, 9.17) is 14.2 Å². The minimum Gasteiger partial charge on any atom is -0.454 e. The van der Waals surface area contributed by atoms with Gasteiger partial charge in [-0.25, -0.2) is 0 Å². The molecule has 3 heterocycles. The molecule has 1 unspecified atom stereocenters. The van der Waals surface area contributed by atoms with Gasteiger partial charge in [0.1, 0.15) is 0 Å². The molecule has 166 valence electrons. The fraction of sp³-hybridized carbons (Fsp3) is 0.478. The predicted molar refractivity (Wildman–Crippen MR) is 118 cm³/mol. The summed E-state index contributed by atoms with van der Waals surface area (Å²) >= 11 is 1.59. The van der Waals surface area contributed by atoms with Crippen molar-refractivity contribution in [3.8, 4) is 11.5 Å². The van der Waals surface area contributed by atoms with Gasteiger partial charge in [0.15, 0.2) is 11.5 Å². The van der Waals surface area contributed by atoms with Crippen molar-refractivity contribution in [1.29, 1.82) is 0 Å². The van der Waals surface area contributed by atoms with Gasteiger partial charge in [-0.2, -0.15) is 0 Å². The second-order valence-corrected chi connectivity index (χ2v) is 9.29. The summed E-state index contributed by atoms with van der Waals surface area (Å²) < 4.78 is 16.7. The maximum absolute atomic E-state index is 13.3. The highest BCUT2D eigenvalue weighted by Crippen LogP contribution is 2.33. The first-order chi connectivity index (χ1) is 15.0. The van der Waals surface area contributed by atoms with E-state index < -0.39 is 0 Å². The first-order valence-corrected chi connectivity index (χ1v) is 11.5. The van der Waals surface area contributed by atoms with E-state index in [1.165, 1.54) is 0 Å². The molecule has 2 aromatic rings. The molecule has 2 aliphatic heterocycles. The second kappa shape index (κ2) is 9.70. The van der Waals surface area contributed by atoms with Crippen molar-refractivity contribution in [1.82, 2.24) is 9.80 Å². The van der Waals surface area contributed by atoms with Gasteiger partial charge < -0.3 is 24.0 Å². The van der Waals surface area contributed by atoms with Gasteiger partial charge in [0.25, 0.3) is 5.91 Å². The van der Waals surface area contributed by atoms with Crippen LogP contribution in [0.25, 0.3) is 0 Å². The van der Waals surface area contributed by atoms with Crippen LogP contribution in [0.4, 0.5) is 0 Å². The Bertz CT molecular complexity index is 915. The van der Waals surface area contributed by atoms with E-state index >= 15 is 0 Å². The highest BCUT2D eigenvalue weighted by molar-refractivity contribution is 7.10. The van der Waals surface area contributed by atoms with E-state index in [0.29, 0.717) is 62.2 Å². The largest absolute Gasteiger partial charge is 0.454 e. The lowest BCUT2D eigenvalue weighted by Crippen LogP contribution is -2.51. The summed E-state index contributed by atoms with van der Waals surface area (Å²) in [5.41, 5.74) is 0.561. The number of carbonyl (C=O) groups excluding carboxylic acids is 2. The van der Waals surface area contributed by atoms with E-state index in [9.17, 15) is 9.59 Å². The third kappa shape index (κ3) is 5.37. The second-order valence-electron chi connectivity index (χ2n) is 8.26. The molecule has 1 fully saturated rings. The number of amides is 2. The van der Waals surface area contributed by atoms with Crippen LogP contribution in [0.3, 0.4) is 0 Å². The molecule has 1 aromatic heterocycles. The first kappa shape index (κ1) is 21.6. The fourth-order valence-electron chi connectivity index (χ4n) is 3.87. The van der Waals surface area contributed by atoms with Gasteiger partial charge >= 0.3 is 0 Å². The van der Waals surface area contributed by atoms with E-state index in [1.54, 1.807) is 29.5 Å². The van der Waals surface area contributed by atoms with Crippen LogP contribution in [0.15, 0.2) is 35.7 Å². The molecule has 0 N–H and O–H groups in total. The van der Waals surface area contributed by atoms with E-state index in [2.05, 4.69) is 13.8 Å². The standard InChI is InChI=1S/C23H28N2O5S/c1-16(2)12-25(23(27)17-5-6-20-21(10-17)30-15-29-20)14-18-13-24(7-8-28-18)22(26)11-19-4-3-9-31-19/h3-6,9-10,16,18H,7-8,11-15H2,1-2H3. The van der Waals surface area contributed by atoms with Crippen LogP contribution in [0.1, 0.15) is 29.1 Å². The number of thiophene rings is 1. The summed E-state index contributed by atoms with van der Waals surface area (Å²) in [5.74, 6) is 1.58. The topological polar surface area (TPSA) is 68.3 Å². The number of rotatable bonds is 7. The SMILES string of the molecule is CC(C)CN(CC1CN(C(=O)Cc2cccs2)CCO1)C(=O)c1ccc2c(c1)OCO2. The predicted octanol–water partition coefficient (Wildman–Crippen LogP) is 3.05. The zero-order valence-corrected chi connectivity index (χ0v) is 18.7. The smallest absolute Gasteiger partial charge is 0.254 e. The zero-order valence-electron chi connectivity index (χ0n) is 17.9. The van der Waals surface area contributed by atoms with Gasteiger partial charge in [-0.05, 0) is 35.6 Å². The van der Waals surface area contributed by atoms with Gasteiger partial charge in [0, 0.05) is 36.6 Å². The Morgan fingerprint density at radius 2 is 2.06 bits per heavy atom. The molecule has 0 spiro atoms. The monoisotopic (exact) mass is 444 g/mol. The molecule has 2 amide bonds. The van der Waals surface area contributed by atoms with Gasteiger partial charge in [-0.3, -0.25) is 9.59 Å². The van der Waals surface area contributed by atoms with Crippen molar-refractivity contribution in [2.45, 2.75) is 26.4 Å². The fourth-order valence-corrected chi connectivity index (χ4v) is 4.57. The Hall–Kier alpha value is -2.58. The first-order valence-electron chi connectivity index (χ1n) is 10.6. The van der Waals surface area contributed by atoms with E-state index in [-0.39, 0.29) is 24.7 Å². The minimum absolute atomic E-state index is 0.0716. The molecule has 0 bridgehead atoms. The van der Waals surface area contributed by atoms with Crippen molar-refractivity contribution in [3.05, 3.63) is 46.2 Å². The summed E-state index contributed by atoms with van der Waals surface area (Å²) in [5, 5.41) is 1.98. The third-order valence-corrected chi connectivity index (χ3v) is 6.19. The lowest BCUT2D eigenvalue weighted by molar-refractivity contribution is -0.138. The Balaban J connectivity index is 1.42. The van der Waals surface area contributed by atoms with Crippen molar-refractivity contribution in [2.75, 3.05) is 39.6 Å². The number of fused-ring (bicyclic) bond motifs is 1. The molecule has 7 nitrogen and oxygen atoms in total. The molecule has 0 radical (unpaired) electrons. The van der Waals surface area contributed by atoms with Crippen LogP contribution in [0, 0.1) is 5.92 Å². The Kier molecular flexibility index (Phi) is 6.77. The summed E-state index contributed by atoms with van der Waals surface area (Å²) in [6.07, 6.45) is 0.202. The molecular weight excluding hydrogens is 416 g/mol. The molecule has 1 atom stereocenters. The number of nitrogens with zero attached hydrogens (tertiary/aromatic N) is 2. The zero-order chi connectivity index (χ0) is 21.8. The van der Waals surface area contributed by atoms with Crippen molar-refractivity contribution in [2.24, 2.45) is 5.92 Å². The average Bonchev–Trinajstić information content (AvgIpc) is 3.43. The highest BCUT2D eigenvalue weighted by Gasteiger charge is 2.29. The molecule has 8 heteroatoms. The highest BCUT2D eigenvalue weighted by atomic mass is 32.1. The third-order valence-electron chi connectivity index (χ3n) is 5.31. The Morgan fingerprint density at radius 3 is 2.84 bits per heavy atom. The summed E-state index contributed by atoms with van der Waals surface area (Å²) in [6.45, 7) is 6.94. The van der Waals surface area contributed by atoms with Crippen LogP contribution in [-0.4, -0.2) is 67.3 Å². The minimum atomic E-state index is -0.210. The van der Waals surface area contributed by atoms with Gasteiger partial charge in [-0.1, -0.05) is 19.9 Å². The molecule has 1 saturated heterocycles. The molecule has 31 heavy (non-hydrogen) atoms.